The summed E-state index contributed by atoms with van der Waals surface area (Å²) in [4.78, 5) is 23.8. The first-order valence-electron chi connectivity index (χ1n) is 10.7. The molecule has 3 aromatic rings. The second-order valence-corrected chi connectivity index (χ2v) is 8.27. The van der Waals surface area contributed by atoms with Gasteiger partial charge in [0, 0.05) is 37.3 Å². The lowest BCUT2D eigenvalue weighted by Crippen LogP contribution is -2.41. The minimum absolute atomic E-state index is 0.0608. The standard InChI is InChI=1S/C22H23N5O4/c28-22(27-11-16-10-14(27)12-30-16)18-9-13(1-5-23-18)20-19-17(25-26-20)2-6-24-21(19)31-15-3-7-29-8-4-15/h1-2,5-6,9,14-16H,3-4,7-8,10-12H2,(H,25,26)/t14?,16-/m0/s1. The number of rotatable bonds is 4. The van der Waals surface area contributed by atoms with Crippen LogP contribution < -0.4 is 4.74 Å². The summed E-state index contributed by atoms with van der Waals surface area (Å²) in [5, 5.41) is 8.39. The van der Waals surface area contributed by atoms with Gasteiger partial charge in [0.05, 0.1) is 42.9 Å². The normalized spacial score (nSPS) is 23.5. The van der Waals surface area contributed by atoms with Crippen LogP contribution in [0.4, 0.5) is 0 Å². The maximum Gasteiger partial charge on any atom is 0.272 e. The molecule has 3 aliphatic rings. The number of ether oxygens (including phenoxy) is 3. The van der Waals surface area contributed by atoms with Gasteiger partial charge in [0.1, 0.15) is 17.5 Å². The summed E-state index contributed by atoms with van der Waals surface area (Å²) < 4.78 is 17.3. The van der Waals surface area contributed by atoms with Gasteiger partial charge in [0.2, 0.25) is 5.88 Å². The van der Waals surface area contributed by atoms with Crippen LogP contribution in [0, 0.1) is 0 Å². The molecule has 0 spiro atoms. The van der Waals surface area contributed by atoms with E-state index in [-0.39, 0.29) is 24.2 Å². The third-order valence-electron chi connectivity index (χ3n) is 6.30. The lowest BCUT2D eigenvalue weighted by molar-refractivity contribution is 0.0244. The van der Waals surface area contributed by atoms with E-state index in [1.165, 1.54) is 0 Å². The number of carbonyl (C=O) groups is 1. The molecule has 1 unspecified atom stereocenters. The molecule has 2 bridgehead atoms. The van der Waals surface area contributed by atoms with Crippen LogP contribution in [-0.2, 0) is 9.47 Å². The molecule has 1 N–H and O–H groups in total. The summed E-state index contributed by atoms with van der Waals surface area (Å²) in [6, 6.07) is 5.68. The van der Waals surface area contributed by atoms with Gasteiger partial charge in [-0.3, -0.25) is 14.9 Å². The first-order valence-corrected chi connectivity index (χ1v) is 10.7. The molecule has 9 nitrogen and oxygen atoms in total. The zero-order valence-electron chi connectivity index (χ0n) is 17.0. The van der Waals surface area contributed by atoms with Gasteiger partial charge in [-0.1, -0.05) is 0 Å². The Hall–Kier alpha value is -3.04. The third-order valence-corrected chi connectivity index (χ3v) is 6.30. The van der Waals surface area contributed by atoms with Crippen LogP contribution in [-0.4, -0.2) is 75.6 Å². The molecule has 0 aromatic carbocycles. The maximum atomic E-state index is 13.1. The van der Waals surface area contributed by atoms with E-state index >= 15 is 0 Å². The zero-order chi connectivity index (χ0) is 20.8. The van der Waals surface area contributed by atoms with Gasteiger partial charge in [-0.2, -0.15) is 5.10 Å². The van der Waals surface area contributed by atoms with Crippen molar-refractivity contribution in [2.45, 2.75) is 37.5 Å². The Balaban J connectivity index is 1.33. The van der Waals surface area contributed by atoms with Crippen LogP contribution >= 0.6 is 0 Å². The average molecular weight is 421 g/mol. The molecule has 160 valence electrons. The molecule has 3 fully saturated rings. The molecule has 3 aliphatic heterocycles. The number of aromatic nitrogens is 4. The van der Waals surface area contributed by atoms with Crippen molar-refractivity contribution in [3.05, 3.63) is 36.3 Å². The summed E-state index contributed by atoms with van der Waals surface area (Å²) in [7, 11) is 0. The van der Waals surface area contributed by atoms with E-state index in [1.54, 1.807) is 18.5 Å². The van der Waals surface area contributed by atoms with Crippen molar-refractivity contribution >= 4 is 16.8 Å². The Morgan fingerprint density at radius 3 is 2.87 bits per heavy atom. The molecule has 3 saturated heterocycles. The van der Waals surface area contributed by atoms with Crippen LogP contribution in [0.5, 0.6) is 5.88 Å². The number of nitrogens with one attached hydrogen (secondary N) is 1. The molecule has 0 saturated carbocycles. The highest BCUT2D eigenvalue weighted by atomic mass is 16.5. The lowest BCUT2D eigenvalue weighted by atomic mass is 10.1. The zero-order valence-corrected chi connectivity index (χ0v) is 17.0. The summed E-state index contributed by atoms with van der Waals surface area (Å²) in [5.41, 5.74) is 2.76. The van der Waals surface area contributed by atoms with Gasteiger partial charge in [-0.25, -0.2) is 4.98 Å². The minimum Gasteiger partial charge on any atom is -0.474 e. The van der Waals surface area contributed by atoms with Crippen LogP contribution in [0.15, 0.2) is 30.6 Å². The van der Waals surface area contributed by atoms with E-state index in [9.17, 15) is 4.79 Å². The van der Waals surface area contributed by atoms with E-state index in [0.717, 1.165) is 35.7 Å². The molecule has 31 heavy (non-hydrogen) atoms. The molecular formula is C22H23N5O4. The predicted octanol–water partition coefficient (Wildman–Crippen LogP) is 2.19. The summed E-state index contributed by atoms with van der Waals surface area (Å²) in [6.45, 7) is 2.63. The smallest absolute Gasteiger partial charge is 0.272 e. The molecular weight excluding hydrogens is 398 g/mol. The number of fused-ring (bicyclic) bond motifs is 3. The van der Waals surface area contributed by atoms with Crippen molar-refractivity contribution in [2.75, 3.05) is 26.4 Å². The summed E-state index contributed by atoms with van der Waals surface area (Å²) in [6.07, 6.45) is 6.17. The number of amides is 1. The summed E-state index contributed by atoms with van der Waals surface area (Å²) >= 11 is 0. The fourth-order valence-electron chi connectivity index (χ4n) is 4.68. The number of likely N-dealkylation sites (tertiary alicyclic amines) is 1. The number of morpholine rings is 1. The Kier molecular flexibility index (Phi) is 4.57. The van der Waals surface area contributed by atoms with Gasteiger partial charge < -0.3 is 19.1 Å². The van der Waals surface area contributed by atoms with Crippen molar-refractivity contribution in [1.82, 2.24) is 25.1 Å². The minimum atomic E-state index is -0.0608. The first kappa shape index (κ1) is 18.7. The van der Waals surface area contributed by atoms with Crippen molar-refractivity contribution in [3.8, 4) is 17.1 Å². The highest BCUT2D eigenvalue weighted by molar-refractivity contribution is 5.98. The molecule has 1 amide bonds. The second kappa shape index (κ2) is 7.58. The number of hydrogen-bond acceptors (Lipinski definition) is 7. The quantitative estimate of drug-likeness (QED) is 0.689. The molecule has 0 radical (unpaired) electrons. The Bertz CT molecular complexity index is 1130. The number of carbonyl (C=O) groups excluding carboxylic acids is 1. The third kappa shape index (κ3) is 3.34. The van der Waals surface area contributed by atoms with Crippen LogP contribution in [0.3, 0.4) is 0 Å². The Morgan fingerprint density at radius 2 is 2.06 bits per heavy atom. The van der Waals surface area contributed by atoms with Gasteiger partial charge in [0.15, 0.2) is 0 Å². The molecule has 6 heterocycles. The number of nitrogens with zero attached hydrogens (tertiary/aromatic N) is 4. The van der Waals surface area contributed by atoms with Crippen molar-refractivity contribution in [2.24, 2.45) is 0 Å². The second-order valence-electron chi connectivity index (χ2n) is 8.27. The van der Waals surface area contributed by atoms with Gasteiger partial charge in [-0.15, -0.1) is 0 Å². The van der Waals surface area contributed by atoms with Crippen molar-refractivity contribution < 1.29 is 19.0 Å². The number of aromatic amines is 1. The number of H-pyrrole nitrogens is 1. The highest BCUT2D eigenvalue weighted by Gasteiger charge is 2.42. The summed E-state index contributed by atoms with van der Waals surface area (Å²) in [5.74, 6) is 0.487. The van der Waals surface area contributed by atoms with Gasteiger partial charge in [-0.05, 0) is 24.6 Å². The fraction of sp³-hybridized carbons (Fsp3) is 0.455. The molecule has 3 aromatic heterocycles. The van der Waals surface area contributed by atoms with Gasteiger partial charge in [0.25, 0.3) is 5.91 Å². The van der Waals surface area contributed by atoms with E-state index in [4.69, 9.17) is 14.2 Å². The topological polar surface area (TPSA) is 102 Å². The van der Waals surface area contributed by atoms with Crippen molar-refractivity contribution in [3.63, 3.8) is 0 Å². The van der Waals surface area contributed by atoms with Crippen LogP contribution in [0.25, 0.3) is 22.2 Å². The Morgan fingerprint density at radius 1 is 1.19 bits per heavy atom. The van der Waals surface area contributed by atoms with E-state index in [0.29, 0.717) is 43.6 Å². The van der Waals surface area contributed by atoms with E-state index < -0.39 is 0 Å². The molecule has 2 atom stereocenters. The van der Waals surface area contributed by atoms with Crippen LogP contribution in [0.2, 0.25) is 0 Å². The van der Waals surface area contributed by atoms with Crippen molar-refractivity contribution in [1.29, 1.82) is 0 Å². The number of hydrogen-bond donors (Lipinski definition) is 1. The molecule has 6 rings (SSSR count). The largest absolute Gasteiger partial charge is 0.474 e. The molecule has 0 aliphatic carbocycles. The predicted molar refractivity (Wildman–Crippen MR) is 111 cm³/mol. The SMILES string of the molecule is O=C(c1cc(-c2n[nH]c3ccnc(OC4CCOCC4)c23)ccn1)N1C[C@@H]2CC1CO2. The van der Waals surface area contributed by atoms with Crippen LogP contribution in [0.1, 0.15) is 29.8 Å². The van der Waals surface area contributed by atoms with Gasteiger partial charge >= 0.3 is 0 Å². The monoisotopic (exact) mass is 421 g/mol. The maximum absolute atomic E-state index is 13.1. The molecule has 9 heteroatoms. The fourth-order valence-corrected chi connectivity index (χ4v) is 4.68. The average Bonchev–Trinajstić information content (AvgIpc) is 3.55. The van der Waals surface area contributed by atoms with E-state index in [1.807, 2.05) is 17.0 Å². The lowest BCUT2D eigenvalue weighted by Gasteiger charge is -2.26. The highest BCUT2D eigenvalue weighted by Crippen LogP contribution is 2.34. The van der Waals surface area contributed by atoms with E-state index in [2.05, 4.69) is 20.2 Å². The Labute approximate surface area is 178 Å². The first-order chi connectivity index (χ1) is 15.3. The number of pyridine rings is 2.